The molecule has 7 nitrogen and oxygen atoms in total. The van der Waals surface area contributed by atoms with E-state index in [0.717, 1.165) is 12.1 Å². The summed E-state index contributed by atoms with van der Waals surface area (Å²) in [6.45, 7) is 4.77. The van der Waals surface area contributed by atoms with Crippen molar-refractivity contribution in [3.8, 4) is 0 Å². The second kappa shape index (κ2) is 9.47. The highest BCUT2D eigenvalue weighted by atomic mass is 16.3. The molecule has 0 atom stereocenters. The van der Waals surface area contributed by atoms with Gasteiger partial charge >= 0.3 is 0 Å². The van der Waals surface area contributed by atoms with Crippen LogP contribution < -0.4 is 10.2 Å². The average molecular weight is 418 g/mol. The first-order valence-corrected chi connectivity index (χ1v) is 10.5. The predicted octanol–water partition coefficient (Wildman–Crippen LogP) is 2.92. The van der Waals surface area contributed by atoms with Gasteiger partial charge in [-0.15, -0.1) is 0 Å². The molecule has 4 rings (SSSR count). The molecular formula is C24H26N4O3. The maximum absolute atomic E-state index is 12.9. The van der Waals surface area contributed by atoms with E-state index in [2.05, 4.69) is 27.3 Å². The summed E-state index contributed by atoms with van der Waals surface area (Å²) in [7, 11) is 0. The molecule has 1 fully saturated rings. The second-order valence-corrected chi connectivity index (χ2v) is 7.57. The lowest BCUT2D eigenvalue weighted by Gasteiger charge is -2.35. The van der Waals surface area contributed by atoms with Crippen molar-refractivity contribution < 1.29 is 14.0 Å². The van der Waals surface area contributed by atoms with E-state index in [9.17, 15) is 9.59 Å². The number of carbonyl (C=O) groups excluding carboxylic acids is 2. The van der Waals surface area contributed by atoms with Crippen LogP contribution in [0.2, 0.25) is 0 Å². The Morgan fingerprint density at radius 3 is 2.48 bits per heavy atom. The number of pyridine rings is 1. The zero-order chi connectivity index (χ0) is 21.6. The van der Waals surface area contributed by atoms with Gasteiger partial charge < -0.3 is 19.5 Å². The Kier molecular flexibility index (Phi) is 6.31. The minimum Gasteiger partial charge on any atom is -0.459 e. The highest BCUT2D eigenvalue weighted by molar-refractivity contribution is 5.99. The summed E-state index contributed by atoms with van der Waals surface area (Å²) < 4.78 is 5.23. The van der Waals surface area contributed by atoms with Gasteiger partial charge in [0.1, 0.15) is 5.82 Å². The van der Waals surface area contributed by atoms with Gasteiger partial charge in [-0.1, -0.05) is 30.3 Å². The van der Waals surface area contributed by atoms with Crippen LogP contribution in [0, 0.1) is 6.92 Å². The first-order valence-electron chi connectivity index (χ1n) is 10.5. The summed E-state index contributed by atoms with van der Waals surface area (Å²) in [6.07, 6.45) is 2.28. The molecule has 0 aliphatic carbocycles. The fourth-order valence-electron chi connectivity index (χ4n) is 3.70. The van der Waals surface area contributed by atoms with Crippen molar-refractivity contribution >= 4 is 17.6 Å². The third-order valence-electron chi connectivity index (χ3n) is 5.40. The quantitative estimate of drug-likeness (QED) is 0.666. The number of hydrogen-bond donors (Lipinski definition) is 1. The summed E-state index contributed by atoms with van der Waals surface area (Å²) in [4.78, 5) is 33.9. The molecule has 2 amide bonds. The van der Waals surface area contributed by atoms with Crippen LogP contribution in [0.1, 0.15) is 32.2 Å². The van der Waals surface area contributed by atoms with Gasteiger partial charge in [0.25, 0.3) is 11.8 Å². The van der Waals surface area contributed by atoms with Crippen LogP contribution in [0.25, 0.3) is 0 Å². The third kappa shape index (κ3) is 4.94. The van der Waals surface area contributed by atoms with E-state index in [1.807, 2.05) is 37.3 Å². The fourth-order valence-corrected chi connectivity index (χ4v) is 3.70. The molecule has 7 heteroatoms. The molecule has 1 aliphatic rings. The topological polar surface area (TPSA) is 78.7 Å². The van der Waals surface area contributed by atoms with Crippen molar-refractivity contribution in [1.82, 2.24) is 15.2 Å². The molecule has 2 aromatic heterocycles. The minimum absolute atomic E-state index is 0.110. The minimum atomic E-state index is -0.132. The maximum Gasteiger partial charge on any atom is 0.289 e. The monoisotopic (exact) mass is 418 g/mol. The van der Waals surface area contributed by atoms with Gasteiger partial charge in [-0.05, 0) is 43.2 Å². The SMILES string of the molecule is Cc1ccc(C(=O)NCCc2ccccc2)c(N2CCN(C(=O)c3ccco3)CC2)n1. The molecule has 0 bridgehead atoms. The summed E-state index contributed by atoms with van der Waals surface area (Å²) >= 11 is 0. The lowest BCUT2D eigenvalue weighted by atomic mass is 10.1. The molecule has 1 aromatic carbocycles. The summed E-state index contributed by atoms with van der Waals surface area (Å²) in [5, 5.41) is 3.01. The Labute approximate surface area is 181 Å². The van der Waals surface area contributed by atoms with E-state index in [0.29, 0.717) is 49.9 Å². The Hall–Kier alpha value is -3.61. The van der Waals surface area contributed by atoms with Crippen molar-refractivity contribution in [2.75, 3.05) is 37.6 Å². The number of aryl methyl sites for hydroxylation is 1. The molecule has 0 spiro atoms. The Morgan fingerprint density at radius 1 is 1.00 bits per heavy atom. The third-order valence-corrected chi connectivity index (χ3v) is 5.40. The molecular weight excluding hydrogens is 392 g/mol. The highest BCUT2D eigenvalue weighted by Gasteiger charge is 2.26. The van der Waals surface area contributed by atoms with Crippen LogP contribution in [0.15, 0.2) is 65.3 Å². The molecule has 0 unspecified atom stereocenters. The van der Waals surface area contributed by atoms with Crippen molar-refractivity contribution in [1.29, 1.82) is 0 Å². The number of nitrogens with one attached hydrogen (secondary N) is 1. The molecule has 3 heterocycles. The molecule has 1 N–H and O–H groups in total. The Bertz CT molecular complexity index is 1030. The standard InChI is InChI=1S/C24H26N4O3/c1-18-9-10-20(23(29)25-12-11-19-6-3-2-4-7-19)22(26-18)27-13-15-28(16-14-27)24(30)21-8-5-17-31-21/h2-10,17H,11-16H2,1H3,(H,25,29). The van der Waals surface area contributed by atoms with Crippen LogP contribution in [-0.4, -0.2) is 54.4 Å². The van der Waals surface area contributed by atoms with Gasteiger partial charge in [-0.25, -0.2) is 4.98 Å². The molecule has 1 saturated heterocycles. The zero-order valence-electron chi connectivity index (χ0n) is 17.6. The molecule has 31 heavy (non-hydrogen) atoms. The van der Waals surface area contributed by atoms with Gasteiger partial charge in [-0.3, -0.25) is 9.59 Å². The second-order valence-electron chi connectivity index (χ2n) is 7.57. The molecule has 0 radical (unpaired) electrons. The van der Waals surface area contributed by atoms with Crippen molar-refractivity contribution in [3.05, 3.63) is 83.4 Å². The number of amides is 2. The Balaban J connectivity index is 1.40. The lowest BCUT2D eigenvalue weighted by Crippen LogP contribution is -2.49. The van der Waals surface area contributed by atoms with Crippen LogP contribution in [-0.2, 0) is 6.42 Å². The number of benzene rings is 1. The molecule has 160 valence electrons. The fraction of sp³-hybridized carbons (Fsp3) is 0.292. The summed E-state index contributed by atoms with van der Waals surface area (Å²) in [5.41, 5.74) is 2.59. The highest BCUT2D eigenvalue weighted by Crippen LogP contribution is 2.21. The molecule has 3 aromatic rings. The summed E-state index contributed by atoms with van der Waals surface area (Å²) in [6, 6.07) is 17.1. The number of rotatable bonds is 6. The number of hydrogen-bond acceptors (Lipinski definition) is 5. The number of carbonyl (C=O) groups is 2. The van der Waals surface area contributed by atoms with E-state index < -0.39 is 0 Å². The zero-order valence-corrected chi connectivity index (χ0v) is 17.6. The van der Waals surface area contributed by atoms with Gasteiger partial charge in [0.15, 0.2) is 5.76 Å². The van der Waals surface area contributed by atoms with Crippen molar-refractivity contribution in [2.24, 2.45) is 0 Å². The largest absolute Gasteiger partial charge is 0.459 e. The van der Waals surface area contributed by atoms with Gasteiger partial charge in [0.05, 0.1) is 11.8 Å². The average Bonchev–Trinajstić information content (AvgIpc) is 3.34. The van der Waals surface area contributed by atoms with E-state index >= 15 is 0 Å². The number of piperazine rings is 1. The Morgan fingerprint density at radius 2 is 1.77 bits per heavy atom. The summed E-state index contributed by atoms with van der Waals surface area (Å²) in [5.74, 6) is 0.774. The number of nitrogens with zero attached hydrogens (tertiary/aromatic N) is 3. The first kappa shape index (κ1) is 20.7. The molecule has 1 aliphatic heterocycles. The van der Waals surface area contributed by atoms with Crippen LogP contribution >= 0.6 is 0 Å². The maximum atomic E-state index is 12.9. The van der Waals surface area contributed by atoms with Gasteiger partial charge in [0.2, 0.25) is 0 Å². The number of furan rings is 1. The van der Waals surface area contributed by atoms with Crippen molar-refractivity contribution in [2.45, 2.75) is 13.3 Å². The number of anilines is 1. The van der Waals surface area contributed by atoms with E-state index in [-0.39, 0.29) is 11.8 Å². The first-order chi connectivity index (χ1) is 15.1. The van der Waals surface area contributed by atoms with Crippen LogP contribution in [0.3, 0.4) is 0 Å². The van der Waals surface area contributed by atoms with E-state index in [1.165, 1.54) is 11.8 Å². The van der Waals surface area contributed by atoms with Gasteiger partial charge in [0, 0.05) is 38.4 Å². The lowest BCUT2D eigenvalue weighted by molar-refractivity contribution is 0.0713. The van der Waals surface area contributed by atoms with Gasteiger partial charge in [-0.2, -0.15) is 0 Å². The smallest absolute Gasteiger partial charge is 0.289 e. The molecule has 0 saturated carbocycles. The number of aromatic nitrogens is 1. The van der Waals surface area contributed by atoms with E-state index in [1.54, 1.807) is 17.0 Å². The van der Waals surface area contributed by atoms with Crippen LogP contribution in [0.4, 0.5) is 5.82 Å². The van der Waals surface area contributed by atoms with Crippen LogP contribution in [0.5, 0.6) is 0 Å². The van der Waals surface area contributed by atoms with E-state index in [4.69, 9.17) is 4.42 Å². The predicted molar refractivity (Wildman–Crippen MR) is 118 cm³/mol. The normalized spacial score (nSPS) is 13.8. The van der Waals surface area contributed by atoms with Crippen molar-refractivity contribution in [3.63, 3.8) is 0 Å².